The van der Waals surface area contributed by atoms with Gasteiger partial charge in [-0.3, -0.25) is 0 Å². The lowest BCUT2D eigenvalue weighted by Gasteiger charge is -2.14. The van der Waals surface area contributed by atoms with Crippen LogP contribution in [0, 0.1) is 0 Å². The summed E-state index contributed by atoms with van der Waals surface area (Å²) in [5.41, 5.74) is 0.630. The molecule has 1 rings (SSSR count). The summed E-state index contributed by atoms with van der Waals surface area (Å²) in [7, 11) is -7.19. The molecule has 1 atom stereocenters. The first kappa shape index (κ1) is 16.4. The van der Waals surface area contributed by atoms with E-state index in [1.807, 2.05) is 0 Å². The molecule has 0 aliphatic rings. The van der Waals surface area contributed by atoms with Gasteiger partial charge in [-0.1, -0.05) is 12.1 Å². The van der Waals surface area contributed by atoms with Gasteiger partial charge in [0, 0.05) is 11.9 Å². The number of alkyl halides is 1. The van der Waals surface area contributed by atoms with Gasteiger partial charge < -0.3 is 0 Å². The third kappa shape index (κ3) is 5.07. The quantitative estimate of drug-likeness (QED) is 0.744. The van der Waals surface area contributed by atoms with Crippen molar-refractivity contribution in [2.45, 2.75) is 17.9 Å². The molecule has 9 heteroatoms. The second kappa shape index (κ2) is 6.19. The molecule has 1 aromatic carbocycles. The highest BCUT2D eigenvalue weighted by molar-refractivity contribution is 7.89. The van der Waals surface area contributed by atoms with Crippen molar-refractivity contribution in [3.8, 4) is 0 Å². The molecule has 0 aromatic heterocycles. The van der Waals surface area contributed by atoms with Crippen molar-refractivity contribution in [2.24, 2.45) is 5.14 Å². The van der Waals surface area contributed by atoms with E-state index in [0.717, 1.165) is 0 Å². The van der Waals surface area contributed by atoms with E-state index in [4.69, 9.17) is 16.7 Å². The van der Waals surface area contributed by atoms with Gasteiger partial charge in [0.15, 0.2) is 0 Å². The van der Waals surface area contributed by atoms with Crippen LogP contribution in [0.15, 0.2) is 29.2 Å². The van der Waals surface area contributed by atoms with Crippen molar-refractivity contribution >= 4 is 31.6 Å². The third-order valence-electron chi connectivity index (χ3n) is 2.41. The molecule has 0 fully saturated rings. The van der Waals surface area contributed by atoms with Gasteiger partial charge in [-0.05, 0) is 24.6 Å². The number of nitrogens with one attached hydrogen (secondary N) is 1. The summed E-state index contributed by atoms with van der Waals surface area (Å²) in [6.07, 6.45) is 0. The Hall–Kier alpha value is -0.670. The van der Waals surface area contributed by atoms with E-state index >= 15 is 0 Å². The SMILES string of the molecule is CC(NS(=O)(=O)CCCl)c1ccc(S(N)(=O)=O)cc1. The summed E-state index contributed by atoms with van der Waals surface area (Å²) in [5.74, 6) is -0.166. The lowest BCUT2D eigenvalue weighted by atomic mass is 10.1. The van der Waals surface area contributed by atoms with Gasteiger partial charge in [-0.25, -0.2) is 26.7 Å². The fraction of sp³-hybridized carbons (Fsp3) is 0.400. The first-order chi connectivity index (χ1) is 8.65. The Balaban J connectivity index is 2.88. The van der Waals surface area contributed by atoms with E-state index in [1.54, 1.807) is 6.92 Å². The maximum absolute atomic E-state index is 11.5. The monoisotopic (exact) mass is 326 g/mol. The Kier molecular flexibility index (Phi) is 5.34. The van der Waals surface area contributed by atoms with Gasteiger partial charge in [-0.15, -0.1) is 11.6 Å². The molecular formula is C10H15ClN2O4S2. The molecule has 0 aliphatic heterocycles. The number of nitrogens with two attached hydrogens (primary N) is 1. The van der Waals surface area contributed by atoms with Gasteiger partial charge in [0.2, 0.25) is 20.0 Å². The van der Waals surface area contributed by atoms with Crippen molar-refractivity contribution in [3.05, 3.63) is 29.8 Å². The zero-order valence-corrected chi connectivity index (χ0v) is 12.6. The van der Waals surface area contributed by atoms with E-state index in [0.29, 0.717) is 5.56 Å². The maximum Gasteiger partial charge on any atom is 0.238 e. The highest BCUT2D eigenvalue weighted by Gasteiger charge is 2.16. The predicted molar refractivity (Wildman–Crippen MR) is 73.9 cm³/mol. The Labute approximate surface area is 118 Å². The Morgan fingerprint density at radius 2 is 1.74 bits per heavy atom. The molecule has 0 saturated heterocycles. The van der Waals surface area contributed by atoms with Crippen LogP contribution in [0.3, 0.4) is 0 Å². The Morgan fingerprint density at radius 3 is 2.16 bits per heavy atom. The number of benzene rings is 1. The lowest BCUT2D eigenvalue weighted by molar-refractivity contribution is 0.568. The molecule has 0 saturated carbocycles. The van der Waals surface area contributed by atoms with E-state index < -0.39 is 26.1 Å². The smallest absolute Gasteiger partial charge is 0.225 e. The van der Waals surface area contributed by atoms with E-state index in [2.05, 4.69) is 4.72 Å². The molecule has 0 bridgehead atoms. The molecule has 19 heavy (non-hydrogen) atoms. The van der Waals surface area contributed by atoms with Crippen LogP contribution in [-0.2, 0) is 20.0 Å². The molecule has 0 heterocycles. The van der Waals surface area contributed by atoms with Crippen molar-refractivity contribution < 1.29 is 16.8 Å². The van der Waals surface area contributed by atoms with Gasteiger partial charge in [0.05, 0.1) is 10.6 Å². The standard InChI is InChI=1S/C10H15ClN2O4S2/c1-8(13-18(14,15)7-6-11)9-2-4-10(5-3-9)19(12,16)17/h2-5,8,13H,6-7H2,1H3,(H2,12,16,17). The summed E-state index contributed by atoms with van der Waals surface area (Å²) < 4.78 is 47.7. The second-order valence-electron chi connectivity index (χ2n) is 3.96. The van der Waals surface area contributed by atoms with Gasteiger partial charge in [0.25, 0.3) is 0 Å². The van der Waals surface area contributed by atoms with Crippen molar-refractivity contribution in [1.29, 1.82) is 0 Å². The fourth-order valence-corrected chi connectivity index (χ4v) is 3.56. The average molecular weight is 327 g/mol. The first-order valence-electron chi connectivity index (χ1n) is 5.34. The molecule has 0 spiro atoms. The maximum atomic E-state index is 11.5. The van der Waals surface area contributed by atoms with Crippen LogP contribution in [0.5, 0.6) is 0 Å². The lowest BCUT2D eigenvalue weighted by Crippen LogP contribution is -2.29. The van der Waals surface area contributed by atoms with Crippen molar-refractivity contribution in [3.63, 3.8) is 0 Å². The normalized spacial score (nSPS) is 14.3. The molecule has 0 aliphatic carbocycles. The summed E-state index contributed by atoms with van der Waals surface area (Å²) in [6, 6.07) is 5.19. The molecule has 1 unspecified atom stereocenters. The molecule has 3 N–H and O–H groups in total. The zero-order chi connectivity index (χ0) is 14.7. The van der Waals surface area contributed by atoms with Gasteiger partial charge >= 0.3 is 0 Å². The van der Waals surface area contributed by atoms with Crippen molar-refractivity contribution in [1.82, 2.24) is 4.72 Å². The number of primary sulfonamides is 1. The molecule has 6 nitrogen and oxygen atoms in total. The minimum atomic E-state index is -3.75. The fourth-order valence-electron chi connectivity index (χ4n) is 1.44. The number of halogens is 1. The minimum Gasteiger partial charge on any atom is -0.225 e. The molecule has 0 amide bonds. The summed E-state index contributed by atoms with van der Waals surface area (Å²) in [6.45, 7) is 1.65. The highest BCUT2D eigenvalue weighted by Crippen LogP contribution is 2.16. The molecular weight excluding hydrogens is 312 g/mol. The van der Waals surface area contributed by atoms with Crippen LogP contribution in [0.4, 0.5) is 0 Å². The Bertz CT molecular complexity index is 626. The van der Waals surface area contributed by atoms with E-state index in [9.17, 15) is 16.8 Å². The number of rotatable bonds is 6. The highest BCUT2D eigenvalue weighted by atomic mass is 35.5. The van der Waals surface area contributed by atoms with E-state index in [1.165, 1.54) is 24.3 Å². The van der Waals surface area contributed by atoms with Gasteiger partial charge in [0.1, 0.15) is 0 Å². The summed E-state index contributed by atoms with van der Waals surface area (Å²) in [4.78, 5) is -0.0212. The Morgan fingerprint density at radius 1 is 1.21 bits per heavy atom. The largest absolute Gasteiger partial charge is 0.238 e. The first-order valence-corrected chi connectivity index (χ1v) is 9.08. The molecule has 1 aromatic rings. The van der Waals surface area contributed by atoms with Crippen LogP contribution in [0.1, 0.15) is 18.5 Å². The van der Waals surface area contributed by atoms with Crippen LogP contribution < -0.4 is 9.86 Å². The topological polar surface area (TPSA) is 106 Å². The second-order valence-corrected chi connectivity index (χ2v) is 7.77. The third-order valence-corrected chi connectivity index (χ3v) is 5.21. The number of hydrogen-bond donors (Lipinski definition) is 2. The predicted octanol–water partition coefficient (Wildman–Crippen LogP) is 0.553. The van der Waals surface area contributed by atoms with Crippen LogP contribution in [-0.4, -0.2) is 28.5 Å². The molecule has 0 radical (unpaired) electrons. The van der Waals surface area contributed by atoms with Crippen molar-refractivity contribution in [2.75, 3.05) is 11.6 Å². The minimum absolute atomic E-state index is 0.00636. The number of sulfonamides is 2. The number of hydrogen-bond acceptors (Lipinski definition) is 4. The van der Waals surface area contributed by atoms with Crippen LogP contribution in [0.25, 0.3) is 0 Å². The van der Waals surface area contributed by atoms with Crippen LogP contribution in [0.2, 0.25) is 0 Å². The average Bonchev–Trinajstić information content (AvgIpc) is 2.27. The van der Waals surface area contributed by atoms with Gasteiger partial charge in [-0.2, -0.15) is 0 Å². The summed E-state index contributed by atoms with van der Waals surface area (Å²) >= 11 is 5.39. The van der Waals surface area contributed by atoms with Crippen LogP contribution >= 0.6 is 11.6 Å². The van der Waals surface area contributed by atoms with E-state index in [-0.39, 0.29) is 16.5 Å². The zero-order valence-electron chi connectivity index (χ0n) is 10.2. The molecule has 108 valence electrons. The summed E-state index contributed by atoms with van der Waals surface area (Å²) in [5, 5.41) is 4.97.